The fraction of sp³-hybridized carbons (Fsp3) is 0.0833. The first kappa shape index (κ1) is 9.52. The second-order valence-corrected chi connectivity index (χ2v) is 3.17. The Morgan fingerprint density at radius 1 is 1.27 bits per heavy atom. The van der Waals surface area contributed by atoms with Gasteiger partial charge in [0.25, 0.3) is 5.91 Å². The van der Waals surface area contributed by atoms with Gasteiger partial charge in [-0.05, 0) is 23.8 Å². The second kappa shape index (κ2) is 4.00. The molecule has 2 aromatic rings. The van der Waals surface area contributed by atoms with Gasteiger partial charge in [-0.25, -0.2) is 0 Å². The summed E-state index contributed by atoms with van der Waals surface area (Å²) in [5, 5.41) is 2.59. The number of carbonyl (C=O) groups excluding carboxylic acids is 1. The van der Waals surface area contributed by atoms with Gasteiger partial charge in [-0.1, -0.05) is 12.1 Å². The van der Waals surface area contributed by atoms with Crippen molar-refractivity contribution in [2.45, 2.75) is 0 Å². The fourth-order valence-electron chi connectivity index (χ4n) is 1.41. The van der Waals surface area contributed by atoms with Gasteiger partial charge in [0.15, 0.2) is 0 Å². The van der Waals surface area contributed by atoms with Gasteiger partial charge in [-0.15, -0.1) is 0 Å². The molecule has 0 aliphatic carbocycles. The van der Waals surface area contributed by atoms with Crippen LogP contribution in [0.25, 0.3) is 11.1 Å². The van der Waals surface area contributed by atoms with Crippen LogP contribution >= 0.6 is 0 Å². The third-order valence-corrected chi connectivity index (χ3v) is 2.21. The van der Waals surface area contributed by atoms with Gasteiger partial charge in [-0.3, -0.25) is 4.79 Å². The quantitative estimate of drug-likeness (QED) is 0.810. The highest BCUT2D eigenvalue weighted by Crippen LogP contribution is 2.20. The van der Waals surface area contributed by atoms with E-state index >= 15 is 0 Å². The number of nitrogens with one attached hydrogen (secondary N) is 1. The molecule has 1 heterocycles. The SMILES string of the molecule is CNC(=O)c1cccc(-c2ccoc2)c1. The van der Waals surface area contributed by atoms with E-state index in [0.29, 0.717) is 5.56 Å². The van der Waals surface area contributed by atoms with Crippen LogP contribution in [-0.2, 0) is 0 Å². The molecule has 0 unspecified atom stereocenters. The van der Waals surface area contributed by atoms with E-state index in [1.807, 2.05) is 24.3 Å². The molecular weight excluding hydrogens is 190 g/mol. The molecule has 1 aromatic carbocycles. The van der Waals surface area contributed by atoms with Crippen molar-refractivity contribution in [3.8, 4) is 11.1 Å². The maximum atomic E-state index is 11.4. The molecule has 1 aromatic heterocycles. The van der Waals surface area contributed by atoms with Gasteiger partial charge in [0.1, 0.15) is 0 Å². The average molecular weight is 201 g/mol. The summed E-state index contributed by atoms with van der Waals surface area (Å²) in [4.78, 5) is 11.4. The fourth-order valence-corrected chi connectivity index (χ4v) is 1.41. The largest absolute Gasteiger partial charge is 0.472 e. The minimum Gasteiger partial charge on any atom is -0.472 e. The van der Waals surface area contributed by atoms with Crippen molar-refractivity contribution < 1.29 is 9.21 Å². The lowest BCUT2D eigenvalue weighted by Gasteiger charge is -2.01. The normalized spacial score (nSPS) is 9.93. The van der Waals surface area contributed by atoms with E-state index in [9.17, 15) is 4.79 Å². The number of carbonyl (C=O) groups is 1. The van der Waals surface area contributed by atoms with Crippen LogP contribution < -0.4 is 5.32 Å². The van der Waals surface area contributed by atoms with Crippen LogP contribution in [-0.4, -0.2) is 13.0 Å². The molecular formula is C12H11NO2. The molecule has 0 aliphatic heterocycles. The van der Waals surface area contributed by atoms with Crippen molar-refractivity contribution in [3.05, 3.63) is 48.4 Å². The molecule has 3 heteroatoms. The van der Waals surface area contributed by atoms with Crippen LogP contribution in [0.2, 0.25) is 0 Å². The van der Waals surface area contributed by atoms with E-state index in [0.717, 1.165) is 11.1 Å². The zero-order chi connectivity index (χ0) is 10.7. The summed E-state index contributed by atoms with van der Waals surface area (Å²) in [5.74, 6) is -0.0830. The molecule has 0 spiro atoms. The number of furan rings is 1. The predicted octanol–water partition coefficient (Wildman–Crippen LogP) is 2.31. The van der Waals surface area contributed by atoms with E-state index in [4.69, 9.17) is 4.42 Å². The molecule has 0 bridgehead atoms. The average Bonchev–Trinajstić information content (AvgIpc) is 2.82. The number of hydrogen-bond donors (Lipinski definition) is 1. The summed E-state index contributed by atoms with van der Waals surface area (Å²) in [5.41, 5.74) is 2.60. The highest BCUT2D eigenvalue weighted by atomic mass is 16.3. The highest BCUT2D eigenvalue weighted by molar-refractivity contribution is 5.95. The predicted molar refractivity (Wildman–Crippen MR) is 57.5 cm³/mol. The van der Waals surface area contributed by atoms with Crippen molar-refractivity contribution >= 4 is 5.91 Å². The van der Waals surface area contributed by atoms with Gasteiger partial charge >= 0.3 is 0 Å². The van der Waals surface area contributed by atoms with E-state index in [-0.39, 0.29) is 5.91 Å². The summed E-state index contributed by atoms with van der Waals surface area (Å²) in [6.07, 6.45) is 3.27. The molecule has 1 amide bonds. The Balaban J connectivity index is 2.39. The molecule has 1 N–H and O–H groups in total. The Bertz CT molecular complexity index is 460. The van der Waals surface area contributed by atoms with Crippen molar-refractivity contribution in [2.75, 3.05) is 7.05 Å². The van der Waals surface area contributed by atoms with Crippen molar-refractivity contribution in [1.82, 2.24) is 5.32 Å². The minimum absolute atomic E-state index is 0.0830. The Hall–Kier alpha value is -2.03. The molecule has 0 saturated heterocycles. The molecule has 2 rings (SSSR count). The number of hydrogen-bond acceptors (Lipinski definition) is 2. The van der Waals surface area contributed by atoms with Gasteiger partial charge in [0.05, 0.1) is 12.5 Å². The molecule has 0 saturated carbocycles. The van der Waals surface area contributed by atoms with Gasteiger partial charge in [-0.2, -0.15) is 0 Å². The van der Waals surface area contributed by atoms with E-state index in [1.165, 1.54) is 0 Å². The van der Waals surface area contributed by atoms with Crippen molar-refractivity contribution in [2.24, 2.45) is 0 Å². The molecule has 15 heavy (non-hydrogen) atoms. The lowest BCUT2D eigenvalue weighted by Crippen LogP contribution is -2.17. The highest BCUT2D eigenvalue weighted by Gasteiger charge is 2.05. The summed E-state index contributed by atoms with van der Waals surface area (Å²) in [6.45, 7) is 0. The summed E-state index contributed by atoms with van der Waals surface area (Å²) in [6, 6.07) is 9.28. The third-order valence-electron chi connectivity index (χ3n) is 2.21. The van der Waals surface area contributed by atoms with Crippen LogP contribution in [0.3, 0.4) is 0 Å². The van der Waals surface area contributed by atoms with E-state index in [1.54, 1.807) is 25.6 Å². The zero-order valence-electron chi connectivity index (χ0n) is 8.36. The number of amides is 1. The zero-order valence-corrected chi connectivity index (χ0v) is 8.36. The molecule has 0 radical (unpaired) electrons. The first-order chi connectivity index (χ1) is 7.31. The maximum absolute atomic E-state index is 11.4. The topological polar surface area (TPSA) is 42.2 Å². The Kier molecular flexibility index (Phi) is 2.54. The van der Waals surface area contributed by atoms with Crippen molar-refractivity contribution in [3.63, 3.8) is 0 Å². The minimum atomic E-state index is -0.0830. The van der Waals surface area contributed by atoms with E-state index in [2.05, 4.69) is 5.32 Å². The number of benzene rings is 1. The molecule has 0 atom stereocenters. The summed E-state index contributed by atoms with van der Waals surface area (Å²) >= 11 is 0. The van der Waals surface area contributed by atoms with Crippen LogP contribution in [0.5, 0.6) is 0 Å². The first-order valence-electron chi connectivity index (χ1n) is 4.66. The van der Waals surface area contributed by atoms with Gasteiger partial charge in [0, 0.05) is 18.2 Å². The molecule has 0 aliphatic rings. The Morgan fingerprint density at radius 3 is 2.80 bits per heavy atom. The van der Waals surface area contributed by atoms with Crippen molar-refractivity contribution in [1.29, 1.82) is 0 Å². The summed E-state index contributed by atoms with van der Waals surface area (Å²) in [7, 11) is 1.62. The lowest BCUT2D eigenvalue weighted by atomic mass is 10.1. The third kappa shape index (κ3) is 1.91. The smallest absolute Gasteiger partial charge is 0.251 e. The lowest BCUT2D eigenvalue weighted by molar-refractivity contribution is 0.0963. The Morgan fingerprint density at radius 2 is 2.13 bits per heavy atom. The molecule has 76 valence electrons. The Labute approximate surface area is 87.7 Å². The van der Waals surface area contributed by atoms with Crippen LogP contribution in [0.4, 0.5) is 0 Å². The second-order valence-electron chi connectivity index (χ2n) is 3.17. The summed E-state index contributed by atoms with van der Waals surface area (Å²) < 4.78 is 5.00. The standard InChI is InChI=1S/C12H11NO2/c1-13-12(14)10-4-2-3-9(7-10)11-5-6-15-8-11/h2-8H,1H3,(H,13,14). The van der Waals surface area contributed by atoms with E-state index < -0.39 is 0 Å². The van der Waals surface area contributed by atoms with Gasteiger partial charge < -0.3 is 9.73 Å². The molecule has 3 nitrogen and oxygen atoms in total. The van der Waals surface area contributed by atoms with Crippen LogP contribution in [0, 0.1) is 0 Å². The monoisotopic (exact) mass is 201 g/mol. The maximum Gasteiger partial charge on any atom is 0.251 e. The number of rotatable bonds is 2. The first-order valence-corrected chi connectivity index (χ1v) is 4.66. The van der Waals surface area contributed by atoms with Crippen LogP contribution in [0.15, 0.2) is 47.3 Å². The molecule has 0 fully saturated rings. The van der Waals surface area contributed by atoms with Crippen LogP contribution in [0.1, 0.15) is 10.4 Å². The van der Waals surface area contributed by atoms with Gasteiger partial charge in [0.2, 0.25) is 0 Å².